The lowest BCUT2D eigenvalue weighted by atomic mass is 10.1. The minimum Gasteiger partial charge on any atom is -0.493 e. The number of nitrogens with zero attached hydrogens (tertiary/aromatic N) is 1. The number of primary amides is 1. The molecule has 0 bridgehead atoms. The fraction of sp³-hybridized carbons (Fsp3) is 0.105. The van der Waals surface area contributed by atoms with Gasteiger partial charge in [0.2, 0.25) is 0 Å². The molecule has 0 atom stereocenters. The molecule has 0 saturated heterocycles. The average Bonchev–Trinajstić information content (AvgIpc) is 2.65. The number of imide groups is 1. The lowest BCUT2D eigenvalue weighted by molar-refractivity contribution is -0.115. The van der Waals surface area contributed by atoms with Crippen LogP contribution in [-0.4, -0.2) is 19.0 Å². The second kappa shape index (κ2) is 9.78. The van der Waals surface area contributed by atoms with Crippen LogP contribution < -0.4 is 20.5 Å². The second-order valence-electron chi connectivity index (χ2n) is 5.44. The van der Waals surface area contributed by atoms with E-state index in [4.69, 9.17) is 32.1 Å². The van der Waals surface area contributed by atoms with Gasteiger partial charge in [0.25, 0.3) is 5.91 Å². The highest BCUT2D eigenvalue weighted by molar-refractivity contribution is 9.10. The van der Waals surface area contributed by atoms with Gasteiger partial charge < -0.3 is 15.2 Å². The largest absolute Gasteiger partial charge is 0.493 e. The van der Waals surface area contributed by atoms with Crippen LogP contribution in [0, 0.1) is 11.3 Å². The topological polar surface area (TPSA) is 114 Å². The third-order valence-electron chi connectivity index (χ3n) is 3.46. The van der Waals surface area contributed by atoms with Crippen LogP contribution in [0.4, 0.5) is 4.79 Å². The third-order valence-corrected chi connectivity index (χ3v) is 4.27. The number of hydrogen-bond donors (Lipinski definition) is 2. The van der Waals surface area contributed by atoms with Crippen LogP contribution in [0.1, 0.15) is 11.1 Å². The summed E-state index contributed by atoms with van der Waals surface area (Å²) in [6, 6.07) is 11.3. The lowest BCUT2D eigenvalue weighted by Crippen LogP contribution is -2.35. The standard InChI is InChI=1S/C19H15BrClN3O4/c1-27-16-8-12(6-13(9-22)18(25)24-19(23)26)7-15(21)17(16)28-10-11-2-4-14(20)5-3-11/h2-8H,10H2,1H3,(H3,23,24,25,26)/b13-6-. The number of carbonyl (C=O) groups is 2. The van der Waals surface area contributed by atoms with Gasteiger partial charge in [0, 0.05) is 4.47 Å². The zero-order valence-electron chi connectivity index (χ0n) is 14.7. The summed E-state index contributed by atoms with van der Waals surface area (Å²) in [5.41, 5.74) is 5.91. The van der Waals surface area contributed by atoms with Gasteiger partial charge in [-0.2, -0.15) is 5.26 Å². The fourth-order valence-electron chi connectivity index (χ4n) is 2.19. The molecule has 0 aromatic heterocycles. The Morgan fingerprint density at radius 2 is 2.00 bits per heavy atom. The molecule has 3 amide bonds. The summed E-state index contributed by atoms with van der Waals surface area (Å²) in [5.74, 6) is -0.270. The maximum atomic E-state index is 11.8. The van der Waals surface area contributed by atoms with E-state index in [0.29, 0.717) is 17.1 Å². The van der Waals surface area contributed by atoms with Gasteiger partial charge in [-0.1, -0.05) is 39.7 Å². The van der Waals surface area contributed by atoms with Crippen molar-refractivity contribution in [2.45, 2.75) is 6.61 Å². The number of rotatable bonds is 6. The summed E-state index contributed by atoms with van der Waals surface area (Å²) < 4.78 is 12.0. The van der Waals surface area contributed by atoms with Crippen molar-refractivity contribution in [1.82, 2.24) is 5.32 Å². The number of hydrogen-bond acceptors (Lipinski definition) is 5. The van der Waals surface area contributed by atoms with E-state index >= 15 is 0 Å². The molecular formula is C19H15BrClN3O4. The summed E-state index contributed by atoms with van der Waals surface area (Å²) >= 11 is 9.66. The smallest absolute Gasteiger partial charge is 0.319 e. The molecule has 2 rings (SSSR count). The Morgan fingerprint density at radius 1 is 1.32 bits per heavy atom. The van der Waals surface area contributed by atoms with E-state index in [1.807, 2.05) is 29.6 Å². The molecule has 0 heterocycles. The van der Waals surface area contributed by atoms with Gasteiger partial charge in [0.15, 0.2) is 11.5 Å². The first-order chi connectivity index (χ1) is 13.3. The van der Waals surface area contributed by atoms with Crippen molar-refractivity contribution < 1.29 is 19.1 Å². The van der Waals surface area contributed by atoms with Gasteiger partial charge in [-0.05, 0) is 41.5 Å². The molecule has 2 aromatic rings. The van der Waals surface area contributed by atoms with Gasteiger partial charge >= 0.3 is 6.03 Å². The molecule has 144 valence electrons. The van der Waals surface area contributed by atoms with E-state index in [2.05, 4.69) is 15.9 Å². The molecule has 0 aliphatic carbocycles. The van der Waals surface area contributed by atoms with Crippen LogP contribution >= 0.6 is 27.5 Å². The number of methoxy groups -OCH3 is 1. The molecule has 0 spiro atoms. The summed E-state index contributed by atoms with van der Waals surface area (Å²) in [4.78, 5) is 22.6. The number of carbonyl (C=O) groups excluding carboxylic acids is 2. The van der Waals surface area contributed by atoms with Crippen LogP contribution in [0.15, 0.2) is 46.4 Å². The highest BCUT2D eigenvalue weighted by atomic mass is 79.9. The average molecular weight is 465 g/mol. The number of urea groups is 1. The molecule has 7 nitrogen and oxygen atoms in total. The Kier molecular flexibility index (Phi) is 7.44. The number of halogens is 2. The number of nitrogens with two attached hydrogens (primary N) is 1. The van der Waals surface area contributed by atoms with Crippen molar-refractivity contribution in [3.8, 4) is 17.6 Å². The van der Waals surface area contributed by atoms with Gasteiger partial charge in [-0.3, -0.25) is 10.1 Å². The van der Waals surface area contributed by atoms with E-state index in [1.54, 1.807) is 12.1 Å². The highest BCUT2D eigenvalue weighted by Crippen LogP contribution is 2.37. The minimum atomic E-state index is -1.06. The Hall–Kier alpha value is -3.02. The Bertz CT molecular complexity index is 968. The molecule has 0 aliphatic rings. The third kappa shape index (κ3) is 5.74. The molecule has 0 unspecified atom stereocenters. The van der Waals surface area contributed by atoms with Crippen molar-refractivity contribution in [2.75, 3.05) is 7.11 Å². The van der Waals surface area contributed by atoms with Gasteiger partial charge in [0.05, 0.1) is 12.1 Å². The van der Waals surface area contributed by atoms with Crippen LogP contribution in [0.5, 0.6) is 11.5 Å². The van der Waals surface area contributed by atoms with E-state index < -0.39 is 11.9 Å². The number of ether oxygens (including phenoxy) is 2. The van der Waals surface area contributed by atoms with Crippen LogP contribution in [0.3, 0.4) is 0 Å². The van der Waals surface area contributed by atoms with Gasteiger partial charge in [-0.15, -0.1) is 0 Å². The molecule has 0 saturated carbocycles. The van der Waals surface area contributed by atoms with Gasteiger partial charge in [0.1, 0.15) is 18.2 Å². The minimum absolute atomic E-state index is 0.232. The van der Waals surface area contributed by atoms with Crippen molar-refractivity contribution in [3.63, 3.8) is 0 Å². The quantitative estimate of drug-likeness (QED) is 0.498. The Labute approximate surface area is 174 Å². The van der Waals surface area contributed by atoms with Crippen LogP contribution in [0.2, 0.25) is 5.02 Å². The SMILES string of the molecule is COc1cc(/C=C(/C#N)C(=O)NC(N)=O)cc(Cl)c1OCc1ccc(Br)cc1. The van der Waals surface area contributed by atoms with E-state index in [-0.39, 0.29) is 17.2 Å². The van der Waals surface area contributed by atoms with Crippen LogP contribution in [-0.2, 0) is 11.4 Å². The molecule has 0 aliphatic heterocycles. The van der Waals surface area contributed by atoms with E-state index in [9.17, 15) is 9.59 Å². The number of nitriles is 1. The van der Waals surface area contributed by atoms with Gasteiger partial charge in [-0.25, -0.2) is 4.79 Å². The number of benzene rings is 2. The van der Waals surface area contributed by atoms with E-state index in [0.717, 1.165) is 10.0 Å². The molecule has 9 heteroatoms. The summed E-state index contributed by atoms with van der Waals surface area (Å²) in [7, 11) is 1.44. The monoisotopic (exact) mass is 463 g/mol. The van der Waals surface area contributed by atoms with Crippen molar-refractivity contribution >= 4 is 45.5 Å². The predicted octanol–water partition coefficient (Wildman–Crippen LogP) is 3.79. The van der Waals surface area contributed by atoms with Crippen molar-refractivity contribution in [2.24, 2.45) is 5.73 Å². The number of amides is 3. The second-order valence-corrected chi connectivity index (χ2v) is 6.76. The lowest BCUT2D eigenvalue weighted by Gasteiger charge is -2.13. The summed E-state index contributed by atoms with van der Waals surface area (Å²) in [5, 5.41) is 11.2. The van der Waals surface area contributed by atoms with E-state index in [1.165, 1.54) is 19.3 Å². The maximum Gasteiger partial charge on any atom is 0.319 e. The summed E-state index contributed by atoms with van der Waals surface area (Å²) in [6.45, 7) is 0.267. The van der Waals surface area contributed by atoms with Crippen molar-refractivity contribution in [1.29, 1.82) is 5.26 Å². The van der Waals surface area contributed by atoms with Crippen molar-refractivity contribution in [3.05, 3.63) is 62.6 Å². The molecule has 0 radical (unpaired) electrons. The molecule has 2 aromatic carbocycles. The first kappa shape index (κ1) is 21.3. The normalized spacial score (nSPS) is 10.7. The maximum absolute atomic E-state index is 11.8. The molecular weight excluding hydrogens is 450 g/mol. The fourth-order valence-corrected chi connectivity index (χ4v) is 2.73. The first-order valence-corrected chi connectivity index (χ1v) is 8.98. The first-order valence-electron chi connectivity index (χ1n) is 7.81. The molecule has 3 N–H and O–H groups in total. The Balaban J connectivity index is 2.28. The van der Waals surface area contributed by atoms with Crippen LogP contribution in [0.25, 0.3) is 6.08 Å². The zero-order chi connectivity index (χ0) is 20.7. The molecule has 28 heavy (non-hydrogen) atoms. The predicted molar refractivity (Wildman–Crippen MR) is 108 cm³/mol. The zero-order valence-corrected chi connectivity index (χ0v) is 17.0. The Morgan fingerprint density at radius 3 is 2.57 bits per heavy atom. The summed E-state index contributed by atoms with van der Waals surface area (Å²) in [6.07, 6.45) is 1.26. The molecule has 0 fully saturated rings. The number of nitrogens with one attached hydrogen (secondary N) is 1. The highest BCUT2D eigenvalue weighted by Gasteiger charge is 2.15.